The Kier molecular flexibility index (Phi) is 5.00. The lowest BCUT2D eigenvalue weighted by atomic mass is 10.0. The molecule has 2 rings (SSSR count). The molecule has 4 heteroatoms. The van der Waals surface area contributed by atoms with Crippen molar-refractivity contribution < 1.29 is 0 Å². The van der Waals surface area contributed by atoms with E-state index in [-0.39, 0.29) is 0 Å². The van der Waals surface area contributed by atoms with E-state index in [0.29, 0.717) is 0 Å². The molecule has 0 aliphatic carbocycles. The third kappa shape index (κ3) is 3.82. The summed E-state index contributed by atoms with van der Waals surface area (Å²) in [6.45, 7) is 4.04. The van der Waals surface area contributed by atoms with E-state index < -0.39 is 0 Å². The number of halogens is 1. The second-order valence-corrected chi connectivity index (χ2v) is 5.16. The van der Waals surface area contributed by atoms with Gasteiger partial charge >= 0.3 is 0 Å². The Morgan fingerprint density at radius 3 is 2.84 bits per heavy atom. The van der Waals surface area contributed by atoms with E-state index in [9.17, 15) is 0 Å². The summed E-state index contributed by atoms with van der Waals surface area (Å²) in [6, 6.07) is 6.09. The highest BCUT2D eigenvalue weighted by Crippen LogP contribution is 2.18. The number of imidazole rings is 1. The van der Waals surface area contributed by atoms with Gasteiger partial charge in [-0.25, -0.2) is 4.98 Å². The average molecular weight is 278 g/mol. The summed E-state index contributed by atoms with van der Waals surface area (Å²) in [4.78, 5) is 4.38. The van der Waals surface area contributed by atoms with Crippen LogP contribution in [0.2, 0.25) is 5.02 Å². The number of nitrogens with one attached hydrogen (secondary N) is 1. The van der Waals surface area contributed by atoms with E-state index in [1.807, 2.05) is 31.6 Å². The molecule has 0 spiro atoms. The predicted octanol–water partition coefficient (Wildman–Crippen LogP) is 3.16. The Morgan fingerprint density at radius 1 is 1.32 bits per heavy atom. The van der Waals surface area contributed by atoms with E-state index in [0.717, 1.165) is 36.8 Å². The summed E-state index contributed by atoms with van der Waals surface area (Å²) < 4.78 is 2.05. The standard InChI is InChI=1S/C15H20ClN3/c1-3-6-17-11-13-9-14(16)5-4-12(13)10-15-18-7-8-19(15)2/h4-5,7-9,17H,3,6,10-11H2,1-2H3. The van der Waals surface area contributed by atoms with Gasteiger partial charge in [-0.15, -0.1) is 0 Å². The van der Waals surface area contributed by atoms with Crippen LogP contribution in [0.4, 0.5) is 0 Å². The summed E-state index contributed by atoms with van der Waals surface area (Å²) >= 11 is 6.09. The molecule has 1 aromatic carbocycles. The minimum Gasteiger partial charge on any atom is -0.338 e. The van der Waals surface area contributed by atoms with E-state index in [4.69, 9.17) is 11.6 Å². The van der Waals surface area contributed by atoms with Crippen molar-refractivity contribution in [1.29, 1.82) is 0 Å². The van der Waals surface area contributed by atoms with Crippen LogP contribution in [0.1, 0.15) is 30.3 Å². The van der Waals surface area contributed by atoms with Gasteiger partial charge in [-0.05, 0) is 36.2 Å². The van der Waals surface area contributed by atoms with Crippen molar-refractivity contribution in [3.63, 3.8) is 0 Å². The molecule has 0 aliphatic heterocycles. The maximum absolute atomic E-state index is 6.09. The molecule has 0 bridgehead atoms. The molecular weight excluding hydrogens is 258 g/mol. The van der Waals surface area contributed by atoms with Crippen LogP contribution in [0.5, 0.6) is 0 Å². The minimum atomic E-state index is 0.789. The predicted molar refractivity (Wildman–Crippen MR) is 79.5 cm³/mol. The van der Waals surface area contributed by atoms with Gasteiger partial charge in [0.1, 0.15) is 5.82 Å². The molecule has 0 saturated heterocycles. The number of benzene rings is 1. The van der Waals surface area contributed by atoms with Crippen molar-refractivity contribution >= 4 is 11.6 Å². The summed E-state index contributed by atoms with van der Waals surface area (Å²) in [5.41, 5.74) is 2.53. The first kappa shape index (κ1) is 14.1. The van der Waals surface area contributed by atoms with E-state index in [1.165, 1.54) is 11.1 Å². The van der Waals surface area contributed by atoms with Crippen molar-refractivity contribution in [3.05, 3.63) is 52.6 Å². The SMILES string of the molecule is CCCNCc1cc(Cl)ccc1Cc1nccn1C. The zero-order chi connectivity index (χ0) is 13.7. The molecule has 2 aromatic rings. The third-order valence-corrected chi connectivity index (χ3v) is 3.42. The Balaban J connectivity index is 2.16. The van der Waals surface area contributed by atoms with Gasteiger partial charge in [-0.1, -0.05) is 24.6 Å². The number of nitrogens with zero attached hydrogens (tertiary/aromatic N) is 2. The molecule has 19 heavy (non-hydrogen) atoms. The minimum absolute atomic E-state index is 0.789. The third-order valence-electron chi connectivity index (χ3n) is 3.18. The Labute approximate surface area is 119 Å². The van der Waals surface area contributed by atoms with Gasteiger partial charge in [-0.2, -0.15) is 0 Å². The molecule has 1 heterocycles. The second kappa shape index (κ2) is 6.73. The number of aromatic nitrogens is 2. The van der Waals surface area contributed by atoms with Crippen molar-refractivity contribution in [2.75, 3.05) is 6.54 Å². The van der Waals surface area contributed by atoms with E-state index >= 15 is 0 Å². The van der Waals surface area contributed by atoms with Gasteiger partial charge in [0.15, 0.2) is 0 Å². The Hall–Kier alpha value is -1.32. The smallest absolute Gasteiger partial charge is 0.112 e. The quantitative estimate of drug-likeness (QED) is 0.822. The molecule has 0 saturated carbocycles. The fourth-order valence-electron chi connectivity index (χ4n) is 2.07. The normalized spacial score (nSPS) is 10.9. The lowest BCUT2D eigenvalue weighted by Gasteiger charge is -2.11. The largest absolute Gasteiger partial charge is 0.338 e. The Morgan fingerprint density at radius 2 is 2.16 bits per heavy atom. The van der Waals surface area contributed by atoms with Gasteiger partial charge in [0.2, 0.25) is 0 Å². The number of hydrogen-bond donors (Lipinski definition) is 1. The fourth-order valence-corrected chi connectivity index (χ4v) is 2.26. The van der Waals surface area contributed by atoms with Crippen LogP contribution < -0.4 is 5.32 Å². The average Bonchev–Trinajstić information content (AvgIpc) is 2.78. The molecule has 0 fully saturated rings. The van der Waals surface area contributed by atoms with E-state index in [1.54, 1.807) is 0 Å². The van der Waals surface area contributed by atoms with Crippen molar-refractivity contribution in [3.8, 4) is 0 Å². The van der Waals surface area contributed by atoms with Crippen LogP contribution in [-0.2, 0) is 20.0 Å². The van der Waals surface area contributed by atoms with Gasteiger partial charge in [0, 0.05) is 37.4 Å². The van der Waals surface area contributed by atoms with Gasteiger partial charge in [0.05, 0.1) is 0 Å². The summed E-state index contributed by atoms with van der Waals surface area (Å²) in [7, 11) is 2.02. The van der Waals surface area contributed by atoms with Crippen molar-refractivity contribution in [1.82, 2.24) is 14.9 Å². The van der Waals surface area contributed by atoms with Gasteiger partial charge in [-0.3, -0.25) is 0 Å². The molecule has 102 valence electrons. The van der Waals surface area contributed by atoms with Crippen LogP contribution in [0.25, 0.3) is 0 Å². The molecular formula is C15H20ClN3. The molecule has 1 aromatic heterocycles. The zero-order valence-corrected chi connectivity index (χ0v) is 12.2. The van der Waals surface area contributed by atoms with E-state index in [2.05, 4.69) is 27.9 Å². The maximum atomic E-state index is 6.09. The first-order valence-electron chi connectivity index (χ1n) is 6.65. The number of aryl methyl sites for hydroxylation is 1. The lowest BCUT2D eigenvalue weighted by molar-refractivity contribution is 0.670. The molecule has 0 unspecified atom stereocenters. The highest BCUT2D eigenvalue weighted by molar-refractivity contribution is 6.30. The lowest BCUT2D eigenvalue weighted by Crippen LogP contribution is -2.15. The molecule has 0 aliphatic rings. The van der Waals surface area contributed by atoms with Crippen LogP contribution in [0.15, 0.2) is 30.6 Å². The molecule has 0 atom stereocenters. The van der Waals surface area contributed by atoms with Crippen LogP contribution in [0, 0.1) is 0 Å². The molecule has 1 N–H and O–H groups in total. The maximum Gasteiger partial charge on any atom is 0.112 e. The highest BCUT2D eigenvalue weighted by atomic mass is 35.5. The topological polar surface area (TPSA) is 29.9 Å². The monoisotopic (exact) mass is 277 g/mol. The first-order valence-corrected chi connectivity index (χ1v) is 7.02. The first-order chi connectivity index (χ1) is 9.20. The second-order valence-electron chi connectivity index (χ2n) is 4.72. The van der Waals surface area contributed by atoms with Crippen LogP contribution >= 0.6 is 11.6 Å². The zero-order valence-electron chi connectivity index (χ0n) is 11.5. The van der Waals surface area contributed by atoms with Crippen LogP contribution in [0.3, 0.4) is 0 Å². The molecule has 3 nitrogen and oxygen atoms in total. The van der Waals surface area contributed by atoms with Crippen LogP contribution in [-0.4, -0.2) is 16.1 Å². The van der Waals surface area contributed by atoms with Gasteiger partial charge < -0.3 is 9.88 Å². The number of rotatable bonds is 6. The number of hydrogen-bond acceptors (Lipinski definition) is 2. The fraction of sp³-hybridized carbons (Fsp3) is 0.400. The Bertz CT molecular complexity index is 534. The summed E-state index contributed by atoms with van der Waals surface area (Å²) in [5.74, 6) is 1.07. The van der Waals surface area contributed by atoms with Crippen molar-refractivity contribution in [2.24, 2.45) is 7.05 Å². The summed E-state index contributed by atoms with van der Waals surface area (Å²) in [6.07, 6.45) is 5.78. The summed E-state index contributed by atoms with van der Waals surface area (Å²) in [5, 5.41) is 4.22. The molecule has 0 radical (unpaired) electrons. The highest BCUT2D eigenvalue weighted by Gasteiger charge is 2.07. The van der Waals surface area contributed by atoms with Gasteiger partial charge in [0.25, 0.3) is 0 Å². The molecule has 0 amide bonds. The van der Waals surface area contributed by atoms with Crippen molar-refractivity contribution in [2.45, 2.75) is 26.3 Å².